The number of rotatable bonds is 3. The van der Waals surface area contributed by atoms with E-state index >= 15 is 0 Å². The van der Waals surface area contributed by atoms with Crippen LogP contribution in [0.5, 0.6) is 0 Å². The van der Waals surface area contributed by atoms with Crippen LogP contribution in [0.25, 0.3) is 11.6 Å². The SMILES string of the molecule is O=C(O)/C(=C/c1ccc(F)cc1)c1ccc(F)cc1. The fraction of sp³-hybridized carbons (Fsp3) is 0. The van der Waals surface area contributed by atoms with Crippen LogP contribution in [0.4, 0.5) is 8.78 Å². The zero-order valence-corrected chi connectivity index (χ0v) is 9.81. The van der Waals surface area contributed by atoms with Crippen molar-refractivity contribution in [2.45, 2.75) is 0 Å². The molecule has 1 N–H and O–H groups in total. The minimum absolute atomic E-state index is 0.0200. The molecule has 4 heteroatoms. The predicted molar refractivity (Wildman–Crippen MR) is 68.3 cm³/mol. The molecule has 0 heterocycles. The van der Waals surface area contributed by atoms with Gasteiger partial charge in [0, 0.05) is 0 Å². The Morgan fingerprint density at radius 3 is 1.84 bits per heavy atom. The average Bonchev–Trinajstić information content (AvgIpc) is 2.39. The Labute approximate surface area is 108 Å². The highest BCUT2D eigenvalue weighted by molar-refractivity contribution is 6.20. The van der Waals surface area contributed by atoms with E-state index in [9.17, 15) is 18.7 Å². The summed E-state index contributed by atoms with van der Waals surface area (Å²) in [5.74, 6) is -1.96. The number of aliphatic carboxylic acids is 1. The first kappa shape index (κ1) is 13.0. The monoisotopic (exact) mass is 260 g/mol. The molecular weight excluding hydrogens is 250 g/mol. The van der Waals surface area contributed by atoms with Gasteiger partial charge in [-0.15, -0.1) is 0 Å². The molecule has 0 saturated carbocycles. The number of hydrogen-bond donors (Lipinski definition) is 1. The Morgan fingerprint density at radius 1 is 0.895 bits per heavy atom. The summed E-state index contributed by atoms with van der Waals surface area (Å²) in [6, 6.07) is 10.6. The van der Waals surface area contributed by atoms with E-state index in [1.165, 1.54) is 54.6 Å². The highest BCUT2D eigenvalue weighted by Gasteiger charge is 2.10. The van der Waals surface area contributed by atoms with E-state index in [1.54, 1.807) is 0 Å². The number of carboxylic acids is 1. The molecular formula is C15H10F2O2. The third-order valence-electron chi connectivity index (χ3n) is 2.57. The summed E-state index contributed by atoms with van der Waals surface area (Å²) in [4.78, 5) is 11.2. The highest BCUT2D eigenvalue weighted by atomic mass is 19.1. The van der Waals surface area contributed by atoms with Crippen molar-refractivity contribution in [2.75, 3.05) is 0 Å². The molecule has 0 unspecified atom stereocenters. The molecule has 2 nitrogen and oxygen atoms in total. The van der Waals surface area contributed by atoms with E-state index in [1.807, 2.05) is 0 Å². The Balaban J connectivity index is 2.43. The maximum atomic E-state index is 12.8. The van der Waals surface area contributed by atoms with E-state index in [0.717, 1.165) is 0 Å². The van der Waals surface area contributed by atoms with Crippen LogP contribution in [0.3, 0.4) is 0 Å². The fourth-order valence-electron chi connectivity index (χ4n) is 1.62. The van der Waals surface area contributed by atoms with Crippen LogP contribution in [0.2, 0.25) is 0 Å². The van der Waals surface area contributed by atoms with Gasteiger partial charge in [0.1, 0.15) is 11.6 Å². The zero-order valence-electron chi connectivity index (χ0n) is 9.81. The Morgan fingerprint density at radius 2 is 1.37 bits per heavy atom. The molecule has 0 fully saturated rings. The largest absolute Gasteiger partial charge is 0.478 e. The van der Waals surface area contributed by atoms with Crippen molar-refractivity contribution >= 4 is 17.6 Å². The molecule has 19 heavy (non-hydrogen) atoms. The van der Waals surface area contributed by atoms with Crippen molar-refractivity contribution in [3.63, 3.8) is 0 Å². The third kappa shape index (κ3) is 3.25. The lowest BCUT2D eigenvalue weighted by atomic mass is 10.0. The third-order valence-corrected chi connectivity index (χ3v) is 2.57. The van der Waals surface area contributed by atoms with Gasteiger partial charge in [-0.2, -0.15) is 0 Å². The van der Waals surface area contributed by atoms with E-state index in [4.69, 9.17) is 0 Å². The molecule has 0 atom stereocenters. The van der Waals surface area contributed by atoms with Gasteiger partial charge in [0.2, 0.25) is 0 Å². The standard InChI is InChI=1S/C15H10F2O2/c16-12-5-1-10(2-6-12)9-14(15(18)19)11-3-7-13(17)8-4-11/h1-9H,(H,18,19)/b14-9+. The van der Waals surface area contributed by atoms with Crippen molar-refractivity contribution < 1.29 is 18.7 Å². The molecule has 2 rings (SSSR count). The number of halogens is 2. The maximum absolute atomic E-state index is 12.8. The quantitative estimate of drug-likeness (QED) is 0.676. The summed E-state index contributed by atoms with van der Waals surface area (Å²) in [6.07, 6.45) is 1.41. The summed E-state index contributed by atoms with van der Waals surface area (Å²) >= 11 is 0. The molecule has 0 radical (unpaired) electrons. The van der Waals surface area contributed by atoms with Crippen LogP contribution < -0.4 is 0 Å². The minimum Gasteiger partial charge on any atom is -0.478 e. The molecule has 0 saturated heterocycles. The van der Waals surface area contributed by atoms with E-state index in [2.05, 4.69) is 0 Å². The number of carboxylic acid groups (broad SMARTS) is 1. The summed E-state index contributed by atoms with van der Waals surface area (Å²) in [5.41, 5.74) is 0.966. The van der Waals surface area contributed by atoms with Crippen molar-refractivity contribution in [1.29, 1.82) is 0 Å². The Bertz CT molecular complexity index is 614. The van der Waals surface area contributed by atoms with Gasteiger partial charge in [-0.05, 0) is 41.5 Å². The smallest absolute Gasteiger partial charge is 0.336 e. The van der Waals surface area contributed by atoms with Crippen LogP contribution in [0, 0.1) is 11.6 Å². The average molecular weight is 260 g/mol. The van der Waals surface area contributed by atoms with Crippen molar-refractivity contribution in [3.05, 3.63) is 71.3 Å². The van der Waals surface area contributed by atoms with Gasteiger partial charge < -0.3 is 5.11 Å². The second kappa shape index (κ2) is 5.44. The van der Waals surface area contributed by atoms with Gasteiger partial charge in [0.05, 0.1) is 5.57 Å². The first-order valence-corrected chi connectivity index (χ1v) is 5.53. The minimum atomic E-state index is -1.13. The lowest BCUT2D eigenvalue weighted by molar-refractivity contribution is -0.130. The van der Waals surface area contributed by atoms with Gasteiger partial charge in [0.15, 0.2) is 0 Å². The zero-order chi connectivity index (χ0) is 13.8. The molecule has 2 aromatic carbocycles. The lowest BCUT2D eigenvalue weighted by Crippen LogP contribution is -1.99. The van der Waals surface area contributed by atoms with E-state index in [0.29, 0.717) is 11.1 Å². The van der Waals surface area contributed by atoms with Crippen LogP contribution in [0.1, 0.15) is 11.1 Å². The molecule has 0 bridgehead atoms. The van der Waals surface area contributed by atoms with Crippen molar-refractivity contribution in [1.82, 2.24) is 0 Å². The second-order valence-electron chi connectivity index (χ2n) is 3.92. The van der Waals surface area contributed by atoms with E-state index in [-0.39, 0.29) is 5.57 Å². The van der Waals surface area contributed by atoms with Gasteiger partial charge in [0.25, 0.3) is 0 Å². The fourth-order valence-corrected chi connectivity index (χ4v) is 1.62. The first-order valence-electron chi connectivity index (χ1n) is 5.53. The molecule has 0 spiro atoms. The number of hydrogen-bond acceptors (Lipinski definition) is 1. The number of carbonyl (C=O) groups is 1. The van der Waals surface area contributed by atoms with Crippen LogP contribution >= 0.6 is 0 Å². The normalized spacial score (nSPS) is 11.4. The van der Waals surface area contributed by atoms with Gasteiger partial charge in [-0.1, -0.05) is 24.3 Å². The molecule has 0 aliphatic carbocycles. The molecule has 0 aliphatic rings. The molecule has 0 aromatic heterocycles. The molecule has 0 aliphatic heterocycles. The predicted octanol–water partition coefficient (Wildman–Crippen LogP) is 3.59. The topological polar surface area (TPSA) is 37.3 Å². The molecule has 2 aromatic rings. The lowest BCUT2D eigenvalue weighted by Gasteiger charge is -2.03. The summed E-state index contributed by atoms with van der Waals surface area (Å²) in [5, 5.41) is 9.18. The second-order valence-corrected chi connectivity index (χ2v) is 3.92. The van der Waals surface area contributed by atoms with Crippen LogP contribution in [-0.2, 0) is 4.79 Å². The van der Waals surface area contributed by atoms with E-state index < -0.39 is 17.6 Å². The number of benzene rings is 2. The highest BCUT2D eigenvalue weighted by Crippen LogP contribution is 2.19. The van der Waals surface area contributed by atoms with Crippen LogP contribution in [0.15, 0.2) is 48.5 Å². The summed E-state index contributed by atoms with van der Waals surface area (Å²) in [6.45, 7) is 0. The summed E-state index contributed by atoms with van der Waals surface area (Å²) in [7, 11) is 0. The molecule has 0 amide bonds. The summed E-state index contributed by atoms with van der Waals surface area (Å²) < 4.78 is 25.6. The Kier molecular flexibility index (Phi) is 3.71. The van der Waals surface area contributed by atoms with Crippen molar-refractivity contribution in [2.24, 2.45) is 0 Å². The van der Waals surface area contributed by atoms with Gasteiger partial charge in [-0.3, -0.25) is 0 Å². The van der Waals surface area contributed by atoms with Gasteiger partial charge in [-0.25, -0.2) is 13.6 Å². The van der Waals surface area contributed by atoms with Crippen molar-refractivity contribution in [3.8, 4) is 0 Å². The maximum Gasteiger partial charge on any atom is 0.336 e. The Hall–Kier alpha value is -2.49. The van der Waals surface area contributed by atoms with Crippen LogP contribution in [-0.4, -0.2) is 11.1 Å². The molecule has 96 valence electrons. The van der Waals surface area contributed by atoms with Gasteiger partial charge >= 0.3 is 5.97 Å². The first-order chi connectivity index (χ1) is 9.06.